The molecule has 1 aromatic heterocycles. The molecule has 2 fully saturated rings. The van der Waals surface area contributed by atoms with E-state index < -0.39 is 0 Å². The summed E-state index contributed by atoms with van der Waals surface area (Å²) in [6.07, 6.45) is 2.91. The summed E-state index contributed by atoms with van der Waals surface area (Å²) < 4.78 is 11.3. The minimum atomic E-state index is 0.590. The Bertz CT molecular complexity index is 1310. The van der Waals surface area contributed by atoms with Crippen molar-refractivity contribution in [3.8, 4) is 17.0 Å². The predicted octanol–water partition coefficient (Wildman–Crippen LogP) is 2.93. The van der Waals surface area contributed by atoms with Crippen molar-refractivity contribution in [1.82, 2.24) is 30.4 Å². The van der Waals surface area contributed by atoms with Crippen LogP contribution in [0.3, 0.4) is 0 Å². The Morgan fingerprint density at radius 1 is 0.810 bits per heavy atom. The van der Waals surface area contributed by atoms with Gasteiger partial charge in [-0.3, -0.25) is 9.80 Å². The molecule has 5 heterocycles. The second-order valence-corrected chi connectivity index (χ2v) is 11.3. The zero-order valence-corrected chi connectivity index (χ0v) is 24.8. The van der Waals surface area contributed by atoms with E-state index >= 15 is 0 Å². The summed E-state index contributed by atoms with van der Waals surface area (Å²) in [5.41, 5.74) is 6.68. The first-order valence-corrected chi connectivity index (χ1v) is 15.3. The van der Waals surface area contributed by atoms with Gasteiger partial charge in [0, 0.05) is 94.1 Å². The van der Waals surface area contributed by atoms with Crippen molar-refractivity contribution in [2.24, 2.45) is 0 Å². The van der Waals surface area contributed by atoms with Crippen molar-refractivity contribution in [3.05, 3.63) is 59.8 Å². The van der Waals surface area contributed by atoms with Crippen molar-refractivity contribution < 1.29 is 9.47 Å². The Labute approximate surface area is 249 Å². The van der Waals surface area contributed by atoms with Crippen LogP contribution in [0.2, 0.25) is 0 Å². The van der Waals surface area contributed by atoms with E-state index in [9.17, 15) is 0 Å². The van der Waals surface area contributed by atoms with Crippen LogP contribution in [0, 0.1) is 0 Å². The molecule has 0 spiro atoms. The maximum absolute atomic E-state index is 5.66. The number of aromatic nitrogens is 2. The first-order valence-electron chi connectivity index (χ1n) is 15.3. The second-order valence-electron chi connectivity index (χ2n) is 11.3. The summed E-state index contributed by atoms with van der Waals surface area (Å²) in [5.74, 6) is 1.47. The maximum atomic E-state index is 5.66. The molecule has 3 N–H and O–H groups in total. The monoisotopic (exact) mass is 572 g/mol. The molecule has 0 atom stereocenters. The number of nitrogens with zero attached hydrogens (tertiary/aromatic N) is 5. The first kappa shape index (κ1) is 28.8. The highest BCUT2D eigenvalue weighted by atomic mass is 16.5. The third-order valence-corrected chi connectivity index (χ3v) is 8.41. The lowest BCUT2D eigenvalue weighted by Crippen LogP contribution is -2.48. The molecular formula is C32H44N8O2. The predicted molar refractivity (Wildman–Crippen MR) is 168 cm³/mol. The van der Waals surface area contributed by atoms with Crippen LogP contribution in [0.5, 0.6) is 5.75 Å². The number of ether oxygens (including phenoxy) is 2. The highest BCUT2D eigenvalue weighted by Crippen LogP contribution is 2.30. The minimum absolute atomic E-state index is 0.590. The molecule has 2 saturated heterocycles. The molecule has 0 saturated carbocycles. The molecule has 10 nitrogen and oxygen atoms in total. The van der Waals surface area contributed by atoms with Gasteiger partial charge in [-0.25, -0.2) is 9.97 Å². The van der Waals surface area contributed by atoms with Crippen molar-refractivity contribution in [2.45, 2.75) is 19.5 Å². The number of fused-ring (bicyclic) bond motifs is 9. The lowest BCUT2D eigenvalue weighted by molar-refractivity contribution is 0.121. The summed E-state index contributed by atoms with van der Waals surface area (Å²) >= 11 is 0. The van der Waals surface area contributed by atoms with Gasteiger partial charge in [-0.15, -0.1) is 0 Å². The summed E-state index contributed by atoms with van der Waals surface area (Å²) in [6, 6.07) is 14.9. The maximum Gasteiger partial charge on any atom is 0.227 e. The van der Waals surface area contributed by atoms with Gasteiger partial charge in [0.1, 0.15) is 5.75 Å². The summed E-state index contributed by atoms with van der Waals surface area (Å²) in [5, 5.41) is 10.7. The third kappa shape index (κ3) is 7.37. The van der Waals surface area contributed by atoms with E-state index in [-0.39, 0.29) is 0 Å². The van der Waals surface area contributed by atoms with Gasteiger partial charge >= 0.3 is 0 Å². The number of piperazine rings is 1. The van der Waals surface area contributed by atoms with E-state index in [1.165, 1.54) is 11.3 Å². The number of methoxy groups -OCH3 is 1. The van der Waals surface area contributed by atoms with Crippen molar-refractivity contribution >= 4 is 17.3 Å². The van der Waals surface area contributed by atoms with Crippen LogP contribution in [-0.2, 0) is 17.8 Å². The molecule has 224 valence electrons. The summed E-state index contributed by atoms with van der Waals surface area (Å²) in [6.45, 7) is 13.5. The van der Waals surface area contributed by atoms with Gasteiger partial charge in [-0.05, 0) is 67.5 Å². The second kappa shape index (κ2) is 14.3. The number of rotatable bonds is 2. The van der Waals surface area contributed by atoms with Crippen LogP contribution in [0.4, 0.5) is 17.3 Å². The Morgan fingerprint density at radius 2 is 1.64 bits per heavy atom. The molecule has 0 radical (unpaired) electrons. The van der Waals surface area contributed by atoms with Gasteiger partial charge in [-0.2, -0.15) is 0 Å². The van der Waals surface area contributed by atoms with Gasteiger partial charge < -0.3 is 30.3 Å². The number of hydrogen-bond donors (Lipinski definition) is 3. The van der Waals surface area contributed by atoms with Gasteiger partial charge in [0.15, 0.2) is 0 Å². The van der Waals surface area contributed by atoms with E-state index in [1.807, 2.05) is 18.3 Å². The molecule has 4 aliphatic rings. The van der Waals surface area contributed by atoms with Gasteiger partial charge in [-0.1, -0.05) is 0 Å². The molecule has 0 unspecified atom stereocenters. The summed E-state index contributed by atoms with van der Waals surface area (Å²) in [4.78, 5) is 17.1. The van der Waals surface area contributed by atoms with Crippen molar-refractivity contribution in [3.63, 3.8) is 0 Å². The number of benzene rings is 2. The van der Waals surface area contributed by atoms with E-state index in [2.05, 4.69) is 66.0 Å². The quantitative estimate of drug-likeness (QED) is 0.426. The Hall–Kier alpha value is -3.28. The van der Waals surface area contributed by atoms with Crippen LogP contribution in [0.15, 0.2) is 48.7 Å². The molecule has 2 aromatic carbocycles. The Morgan fingerprint density at radius 3 is 2.50 bits per heavy atom. The lowest BCUT2D eigenvalue weighted by atomic mass is 10.1. The molecule has 42 heavy (non-hydrogen) atoms. The van der Waals surface area contributed by atoms with Crippen molar-refractivity contribution in [1.29, 1.82) is 0 Å². The fourth-order valence-corrected chi connectivity index (χ4v) is 6.02. The average Bonchev–Trinajstić information content (AvgIpc) is 3.03. The fourth-order valence-electron chi connectivity index (χ4n) is 6.02. The molecule has 7 rings (SSSR count). The number of morpholine rings is 1. The Kier molecular flexibility index (Phi) is 9.79. The molecule has 8 bridgehead atoms. The largest absolute Gasteiger partial charge is 0.496 e. The first-order chi connectivity index (χ1) is 20.7. The minimum Gasteiger partial charge on any atom is -0.496 e. The molecule has 10 heteroatoms. The normalized spacial score (nSPS) is 22.3. The fraction of sp³-hybridized carbons (Fsp3) is 0.500. The number of hydrogen-bond acceptors (Lipinski definition) is 10. The summed E-state index contributed by atoms with van der Waals surface area (Å²) in [7, 11) is 1.73. The van der Waals surface area contributed by atoms with Crippen molar-refractivity contribution in [2.75, 3.05) is 96.0 Å². The third-order valence-electron chi connectivity index (χ3n) is 8.41. The smallest absolute Gasteiger partial charge is 0.227 e. The number of anilines is 3. The highest BCUT2D eigenvalue weighted by molar-refractivity contribution is 5.67. The van der Waals surface area contributed by atoms with Crippen LogP contribution in [0.1, 0.15) is 17.5 Å². The SMILES string of the molecule is COc1ccc2cc1CNCCCNCCN1CCN(CC1)Cc1cc(ccc1N1CCOCC1)Nc1nccc-2n1. The van der Waals surface area contributed by atoms with Crippen LogP contribution in [0.25, 0.3) is 11.3 Å². The van der Waals surface area contributed by atoms with Gasteiger partial charge in [0.05, 0.1) is 26.0 Å². The Balaban J connectivity index is 1.28. The molecule has 0 amide bonds. The molecule has 3 aromatic rings. The van der Waals surface area contributed by atoms with Gasteiger partial charge in [0.25, 0.3) is 0 Å². The van der Waals surface area contributed by atoms with E-state index in [4.69, 9.17) is 14.5 Å². The molecular weight excluding hydrogens is 528 g/mol. The standard InChI is InChI=1S/C32H44N8O2/c1-41-31-6-3-25-21-26(31)23-34-9-2-8-33-11-12-38-13-15-39(16-14-38)24-27-22-28(36-32-35-10-7-29(25)37-32)4-5-30(27)40-17-19-42-20-18-40/h3-7,10,21-22,33-34H,2,8-9,11-20,23-24H2,1H3,(H,35,36,37). The van der Waals surface area contributed by atoms with E-state index in [1.54, 1.807) is 7.11 Å². The van der Waals surface area contributed by atoms with Crippen LogP contribution >= 0.6 is 0 Å². The number of nitrogens with one attached hydrogen (secondary N) is 3. The van der Waals surface area contributed by atoms with Crippen LogP contribution < -0.4 is 25.6 Å². The topological polar surface area (TPSA) is 90.1 Å². The lowest BCUT2D eigenvalue weighted by Gasteiger charge is -2.36. The molecule has 0 aliphatic carbocycles. The molecule has 4 aliphatic heterocycles. The van der Waals surface area contributed by atoms with E-state index in [0.717, 1.165) is 126 Å². The van der Waals surface area contributed by atoms with Gasteiger partial charge in [0.2, 0.25) is 5.95 Å². The van der Waals surface area contributed by atoms with Crippen LogP contribution in [-0.4, -0.2) is 106 Å². The average molecular weight is 573 g/mol. The van der Waals surface area contributed by atoms with E-state index in [0.29, 0.717) is 5.95 Å². The highest BCUT2D eigenvalue weighted by Gasteiger charge is 2.21. The zero-order valence-electron chi connectivity index (χ0n) is 24.8. The zero-order chi connectivity index (χ0) is 28.6.